The number of carbonyl (C=O) groups excluding carboxylic acids is 3. The van der Waals surface area contributed by atoms with Crippen molar-refractivity contribution < 1.29 is 23.9 Å². The van der Waals surface area contributed by atoms with Crippen LogP contribution in [-0.4, -0.2) is 41.9 Å². The lowest BCUT2D eigenvalue weighted by Crippen LogP contribution is -2.44. The molecule has 0 aromatic heterocycles. The van der Waals surface area contributed by atoms with Gasteiger partial charge in [0.1, 0.15) is 25.0 Å². The number of rotatable bonds is 6. The van der Waals surface area contributed by atoms with E-state index in [4.69, 9.17) is 21.1 Å². The van der Waals surface area contributed by atoms with E-state index in [2.05, 4.69) is 0 Å². The Hall–Kier alpha value is -2.86. The number of fused-ring (bicyclic) bond motifs is 1. The van der Waals surface area contributed by atoms with E-state index in [-0.39, 0.29) is 13.2 Å². The molecule has 0 fully saturated rings. The number of carbonyl (C=O) groups is 3. The number of esters is 1. The van der Waals surface area contributed by atoms with Gasteiger partial charge in [-0.15, -0.1) is 0 Å². The normalized spacial score (nSPS) is 14.2. The summed E-state index contributed by atoms with van der Waals surface area (Å²) in [7, 11) is 0. The molecule has 0 bridgehead atoms. The topological polar surface area (TPSA) is 72.9 Å². The predicted molar refractivity (Wildman–Crippen MR) is 94.3 cm³/mol. The molecule has 0 radical (unpaired) electrons. The molecular weight excluding hydrogens is 358 g/mol. The van der Waals surface area contributed by atoms with Crippen LogP contribution in [0.2, 0.25) is 5.02 Å². The molecule has 0 saturated heterocycles. The first-order valence-corrected chi connectivity index (χ1v) is 8.39. The molecule has 2 aromatic carbocycles. The number of benzene rings is 2. The van der Waals surface area contributed by atoms with E-state index >= 15 is 0 Å². The quantitative estimate of drug-likeness (QED) is 0.442. The third kappa shape index (κ3) is 3.41. The summed E-state index contributed by atoms with van der Waals surface area (Å²) in [6.07, 6.45) is 0. The van der Waals surface area contributed by atoms with E-state index in [9.17, 15) is 14.4 Å². The molecule has 0 aliphatic carbocycles. The highest BCUT2D eigenvalue weighted by atomic mass is 35.5. The van der Waals surface area contributed by atoms with E-state index in [1.165, 1.54) is 6.92 Å². The number of halogens is 1. The zero-order valence-corrected chi connectivity index (χ0v) is 14.7. The van der Waals surface area contributed by atoms with Gasteiger partial charge in [-0.2, -0.15) is 0 Å². The van der Waals surface area contributed by atoms with Crippen LogP contribution in [0.15, 0.2) is 48.5 Å². The van der Waals surface area contributed by atoms with Crippen LogP contribution in [0.4, 0.5) is 0 Å². The van der Waals surface area contributed by atoms with Crippen molar-refractivity contribution in [2.24, 2.45) is 0 Å². The number of imide groups is 1. The minimum atomic E-state index is -1.03. The highest BCUT2D eigenvalue weighted by molar-refractivity contribution is 6.32. The fraction of sp³-hybridized carbons (Fsp3) is 0.211. The van der Waals surface area contributed by atoms with Gasteiger partial charge in [-0.1, -0.05) is 35.9 Å². The summed E-state index contributed by atoms with van der Waals surface area (Å²) in [6, 6.07) is 12.4. The summed E-state index contributed by atoms with van der Waals surface area (Å²) in [6.45, 7) is 1.53. The Morgan fingerprint density at radius 3 is 2.19 bits per heavy atom. The van der Waals surface area contributed by atoms with Crippen LogP contribution in [0.1, 0.15) is 27.6 Å². The summed E-state index contributed by atoms with van der Waals surface area (Å²) < 4.78 is 10.5. The second-order valence-electron chi connectivity index (χ2n) is 5.65. The van der Waals surface area contributed by atoms with E-state index < -0.39 is 23.8 Å². The number of nitrogens with zero attached hydrogens (tertiary/aromatic N) is 1. The Labute approximate surface area is 155 Å². The molecule has 134 valence electrons. The summed E-state index contributed by atoms with van der Waals surface area (Å²) in [5, 5.41) is 0.457. The summed E-state index contributed by atoms with van der Waals surface area (Å²) in [4.78, 5) is 37.8. The number of amides is 2. The lowest BCUT2D eigenvalue weighted by atomic mass is 10.1. The first-order valence-electron chi connectivity index (χ1n) is 8.01. The van der Waals surface area contributed by atoms with Gasteiger partial charge in [0.25, 0.3) is 11.8 Å². The lowest BCUT2D eigenvalue weighted by Gasteiger charge is -2.21. The van der Waals surface area contributed by atoms with Crippen LogP contribution in [0.25, 0.3) is 0 Å². The molecule has 0 spiro atoms. The lowest BCUT2D eigenvalue weighted by molar-refractivity contribution is -0.148. The fourth-order valence-electron chi connectivity index (χ4n) is 2.64. The van der Waals surface area contributed by atoms with Crippen LogP contribution in [0.3, 0.4) is 0 Å². The summed E-state index contributed by atoms with van der Waals surface area (Å²) in [5.74, 6) is -1.19. The molecule has 1 heterocycles. The number of hydrogen-bond acceptors (Lipinski definition) is 5. The van der Waals surface area contributed by atoms with Gasteiger partial charge in [-0.05, 0) is 31.2 Å². The number of hydrogen-bond donors (Lipinski definition) is 0. The van der Waals surface area contributed by atoms with Gasteiger partial charge in [0.05, 0.1) is 16.1 Å². The number of ether oxygens (including phenoxy) is 2. The molecule has 0 saturated carbocycles. The zero-order valence-electron chi connectivity index (χ0n) is 14.0. The van der Waals surface area contributed by atoms with Gasteiger partial charge in [-0.25, -0.2) is 4.79 Å². The highest BCUT2D eigenvalue weighted by Gasteiger charge is 2.41. The van der Waals surface area contributed by atoms with Gasteiger partial charge >= 0.3 is 5.97 Å². The Balaban J connectivity index is 1.55. The van der Waals surface area contributed by atoms with Crippen LogP contribution in [0.5, 0.6) is 5.75 Å². The molecule has 2 amide bonds. The molecule has 3 rings (SSSR count). The smallest absolute Gasteiger partial charge is 0.329 e. The van der Waals surface area contributed by atoms with Gasteiger partial charge in [-0.3, -0.25) is 14.5 Å². The van der Waals surface area contributed by atoms with Crippen molar-refractivity contribution in [3.8, 4) is 5.75 Å². The van der Waals surface area contributed by atoms with Crippen molar-refractivity contribution in [2.45, 2.75) is 13.0 Å². The molecular formula is C19H16ClNO5. The Kier molecular flexibility index (Phi) is 5.23. The van der Waals surface area contributed by atoms with Gasteiger partial charge in [0.15, 0.2) is 0 Å². The molecule has 2 aromatic rings. The molecule has 0 unspecified atom stereocenters. The molecule has 1 aliphatic rings. The van der Waals surface area contributed by atoms with E-state index in [0.717, 1.165) is 4.90 Å². The van der Waals surface area contributed by atoms with Crippen LogP contribution < -0.4 is 4.74 Å². The molecule has 7 heteroatoms. The van der Waals surface area contributed by atoms with Gasteiger partial charge in [0.2, 0.25) is 0 Å². The fourth-order valence-corrected chi connectivity index (χ4v) is 2.83. The minimum Gasteiger partial charge on any atom is -0.488 e. The maximum atomic E-state index is 12.4. The van der Waals surface area contributed by atoms with Crippen molar-refractivity contribution in [2.75, 3.05) is 13.2 Å². The molecule has 26 heavy (non-hydrogen) atoms. The third-order valence-corrected chi connectivity index (χ3v) is 4.29. The van der Waals surface area contributed by atoms with Crippen LogP contribution in [-0.2, 0) is 9.53 Å². The van der Waals surface area contributed by atoms with Crippen molar-refractivity contribution in [1.82, 2.24) is 4.90 Å². The SMILES string of the molecule is C[C@@H](C(=O)OCCOc1ccccc1Cl)N1C(=O)c2ccccc2C1=O. The maximum Gasteiger partial charge on any atom is 0.329 e. The monoisotopic (exact) mass is 373 g/mol. The van der Waals surface area contributed by atoms with Crippen LogP contribution >= 0.6 is 11.6 Å². The Morgan fingerprint density at radius 1 is 1.00 bits per heavy atom. The van der Waals surface area contributed by atoms with Crippen LogP contribution in [0, 0.1) is 0 Å². The molecule has 1 aliphatic heterocycles. The Bertz CT molecular complexity index is 832. The first-order chi connectivity index (χ1) is 12.5. The van der Waals surface area contributed by atoms with Crippen molar-refractivity contribution in [3.05, 3.63) is 64.7 Å². The van der Waals surface area contributed by atoms with Crippen molar-refractivity contribution >= 4 is 29.4 Å². The molecule has 6 nitrogen and oxygen atoms in total. The minimum absolute atomic E-state index is 0.0302. The zero-order chi connectivity index (χ0) is 18.7. The van der Waals surface area contributed by atoms with E-state index in [1.54, 1.807) is 48.5 Å². The van der Waals surface area contributed by atoms with E-state index in [0.29, 0.717) is 21.9 Å². The van der Waals surface area contributed by atoms with Gasteiger partial charge in [0, 0.05) is 0 Å². The maximum absolute atomic E-state index is 12.4. The van der Waals surface area contributed by atoms with Crippen molar-refractivity contribution in [3.63, 3.8) is 0 Å². The second kappa shape index (κ2) is 7.58. The van der Waals surface area contributed by atoms with E-state index in [1.807, 2.05) is 0 Å². The standard InChI is InChI=1S/C19H16ClNO5/c1-12(21-17(22)13-6-2-3-7-14(13)18(21)23)19(24)26-11-10-25-16-9-5-4-8-15(16)20/h2-9,12H,10-11H2,1H3/t12-/m0/s1. The van der Waals surface area contributed by atoms with Gasteiger partial charge < -0.3 is 9.47 Å². The first kappa shape index (κ1) is 17.9. The Morgan fingerprint density at radius 2 is 1.58 bits per heavy atom. The van der Waals surface area contributed by atoms with Crippen molar-refractivity contribution in [1.29, 1.82) is 0 Å². The predicted octanol–water partition coefficient (Wildman–Crippen LogP) is 2.95. The summed E-state index contributed by atoms with van der Waals surface area (Å²) >= 11 is 5.96. The second-order valence-corrected chi connectivity index (χ2v) is 6.06. The third-order valence-electron chi connectivity index (χ3n) is 3.98. The highest BCUT2D eigenvalue weighted by Crippen LogP contribution is 2.25. The number of para-hydroxylation sites is 1. The largest absolute Gasteiger partial charge is 0.488 e. The average Bonchev–Trinajstić information content (AvgIpc) is 2.90. The summed E-state index contributed by atoms with van der Waals surface area (Å²) in [5.41, 5.74) is 0.582. The average molecular weight is 374 g/mol. The molecule has 1 atom stereocenters. The molecule has 0 N–H and O–H groups in total.